The van der Waals surface area contributed by atoms with Crippen molar-refractivity contribution >= 4 is 11.9 Å². The summed E-state index contributed by atoms with van der Waals surface area (Å²) in [6.45, 7) is 4.40. The van der Waals surface area contributed by atoms with Crippen LogP contribution in [0.5, 0.6) is 0 Å². The highest BCUT2D eigenvalue weighted by Gasteiger charge is 2.44. The number of unbranched alkanes of at least 4 members (excludes halogenated alkanes) is 53. The van der Waals surface area contributed by atoms with Gasteiger partial charge in [-0.1, -0.05) is 353 Å². The van der Waals surface area contributed by atoms with Crippen LogP contribution in [0.4, 0.5) is 0 Å². The van der Waals surface area contributed by atoms with Gasteiger partial charge in [0.2, 0.25) is 5.91 Å². The van der Waals surface area contributed by atoms with Crippen LogP contribution >= 0.6 is 0 Å². The highest BCUT2D eigenvalue weighted by Crippen LogP contribution is 2.24. The summed E-state index contributed by atoms with van der Waals surface area (Å²) in [7, 11) is 0. The van der Waals surface area contributed by atoms with Crippen LogP contribution < -0.4 is 5.32 Å². The lowest BCUT2D eigenvalue weighted by molar-refractivity contribution is -0.302. The Balaban J connectivity index is 1.95. The van der Waals surface area contributed by atoms with Gasteiger partial charge >= 0.3 is 5.97 Å². The number of hydrogen-bond acceptors (Lipinski definition) is 10. The molecule has 1 aliphatic rings. The zero-order valence-corrected chi connectivity index (χ0v) is 56.1. The molecule has 0 saturated carbocycles. The minimum absolute atomic E-state index is 0.0134. The van der Waals surface area contributed by atoms with Crippen molar-refractivity contribution in [1.82, 2.24) is 5.32 Å². The van der Waals surface area contributed by atoms with E-state index in [4.69, 9.17) is 14.2 Å². The van der Waals surface area contributed by atoms with Gasteiger partial charge in [-0.05, 0) is 32.1 Å². The molecule has 0 bridgehead atoms. The molecule has 1 fully saturated rings. The fourth-order valence-electron chi connectivity index (χ4n) is 12.3. The number of nitrogens with one attached hydrogen (secondary N) is 1. The summed E-state index contributed by atoms with van der Waals surface area (Å²) in [5, 5.41) is 54.6. The molecule has 0 aromatic rings. The first-order valence-corrected chi connectivity index (χ1v) is 37.5. The Bertz CT molecular complexity index is 1420. The van der Waals surface area contributed by atoms with Crippen molar-refractivity contribution in [3.05, 3.63) is 12.2 Å². The van der Waals surface area contributed by atoms with Crippen LogP contribution in [0.3, 0.4) is 0 Å². The van der Waals surface area contributed by atoms with Crippen molar-refractivity contribution in [2.24, 2.45) is 0 Å². The van der Waals surface area contributed by atoms with Gasteiger partial charge in [-0.2, -0.15) is 0 Å². The first-order valence-electron chi connectivity index (χ1n) is 37.5. The molecule has 0 aliphatic carbocycles. The summed E-state index contributed by atoms with van der Waals surface area (Å²) in [5.74, 6) is -0.160. The summed E-state index contributed by atoms with van der Waals surface area (Å²) in [6.07, 6.45) is 69.2. The van der Waals surface area contributed by atoms with Crippen molar-refractivity contribution in [1.29, 1.82) is 0 Å². The Labute approximate surface area is 525 Å². The van der Waals surface area contributed by atoms with Gasteiger partial charge in [-0.25, -0.2) is 0 Å². The van der Waals surface area contributed by atoms with E-state index in [2.05, 4.69) is 19.2 Å². The lowest BCUT2D eigenvalue weighted by Gasteiger charge is -2.40. The van der Waals surface area contributed by atoms with E-state index in [1.54, 1.807) is 6.08 Å². The molecule has 504 valence electrons. The van der Waals surface area contributed by atoms with E-state index in [9.17, 15) is 35.1 Å². The smallest absolute Gasteiger partial charge is 0.305 e. The number of aliphatic hydroxyl groups excluding tert-OH is 5. The summed E-state index contributed by atoms with van der Waals surface area (Å²) in [4.78, 5) is 25.1. The minimum atomic E-state index is -1.57. The summed E-state index contributed by atoms with van der Waals surface area (Å²) >= 11 is 0. The van der Waals surface area contributed by atoms with Gasteiger partial charge < -0.3 is 45.1 Å². The molecule has 1 saturated heterocycles. The molecule has 6 N–H and O–H groups in total. The third-order valence-electron chi connectivity index (χ3n) is 18.2. The molecule has 1 heterocycles. The molecule has 1 aliphatic heterocycles. The zero-order chi connectivity index (χ0) is 61.6. The lowest BCUT2D eigenvalue weighted by atomic mass is 9.99. The molecule has 0 aromatic heterocycles. The molecule has 0 radical (unpaired) electrons. The molecule has 11 heteroatoms. The number of ether oxygens (including phenoxy) is 3. The molecule has 7 atom stereocenters. The van der Waals surface area contributed by atoms with E-state index < -0.39 is 49.5 Å². The van der Waals surface area contributed by atoms with Crippen LogP contribution in [0, 0.1) is 0 Å². The van der Waals surface area contributed by atoms with Gasteiger partial charge in [0.1, 0.15) is 24.4 Å². The van der Waals surface area contributed by atoms with Crippen molar-refractivity contribution in [2.75, 3.05) is 19.8 Å². The Morgan fingerprint density at radius 3 is 1.09 bits per heavy atom. The third kappa shape index (κ3) is 52.8. The Morgan fingerprint density at radius 1 is 0.424 bits per heavy atom. The number of rotatable bonds is 67. The highest BCUT2D eigenvalue weighted by atomic mass is 16.7. The van der Waals surface area contributed by atoms with Crippen molar-refractivity contribution in [3.63, 3.8) is 0 Å². The molecule has 11 nitrogen and oxygen atoms in total. The quantitative estimate of drug-likeness (QED) is 0.0195. The lowest BCUT2D eigenvalue weighted by Crippen LogP contribution is -2.60. The molecular formula is C74H143NO10. The van der Waals surface area contributed by atoms with Crippen molar-refractivity contribution < 1.29 is 49.3 Å². The number of aliphatic hydroxyl groups is 5. The first-order chi connectivity index (χ1) is 41.7. The molecule has 1 rings (SSSR count). The average Bonchev–Trinajstić information content (AvgIpc) is 3.40. The topological polar surface area (TPSA) is 175 Å². The minimum Gasteiger partial charge on any atom is -0.466 e. The second-order valence-electron chi connectivity index (χ2n) is 26.4. The Hall–Kier alpha value is -1.60. The SMILES string of the molecule is CCCCCCCCCCCCCCC/C=C/C(O)C(COC1OC(CO)C(O)C(O)C1O)NC(=O)CCCCCCCCCCCCCCCCCCCCCCCCCCCCCCCCCOC(=O)CCCCCCCCCCCCC. The predicted octanol–water partition coefficient (Wildman–Crippen LogP) is 19.4. The molecule has 85 heavy (non-hydrogen) atoms. The van der Waals surface area contributed by atoms with Crippen molar-refractivity contribution in [2.45, 2.75) is 429 Å². The molecule has 7 unspecified atom stereocenters. The molecule has 0 aromatic carbocycles. The fourth-order valence-corrected chi connectivity index (χ4v) is 12.3. The van der Waals surface area contributed by atoms with Gasteiger partial charge in [0.25, 0.3) is 0 Å². The van der Waals surface area contributed by atoms with Crippen LogP contribution in [0.2, 0.25) is 0 Å². The highest BCUT2D eigenvalue weighted by molar-refractivity contribution is 5.76. The maximum Gasteiger partial charge on any atom is 0.305 e. The second kappa shape index (κ2) is 63.9. The summed E-state index contributed by atoms with van der Waals surface area (Å²) < 4.78 is 16.8. The van der Waals surface area contributed by atoms with E-state index >= 15 is 0 Å². The van der Waals surface area contributed by atoms with E-state index in [1.807, 2.05) is 6.08 Å². The standard InChI is InChI=1S/C74H143NO10/c1-3-5-7-9-11-13-15-16-34-37-41-44-48-52-56-60-67(77)66(65-84-74-73(82)72(81)71(80)68(64-76)85-74)75-69(78)61-57-53-49-45-42-38-35-32-30-28-26-24-22-20-18-17-19-21-23-25-27-29-31-33-36-39-43-47-51-55-59-63-83-70(79)62-58-54-50-46-40-14-12-10-8-6-4-2/h56,60,66-68,71-74,76-77,80-82H,3-55,57-59,61-65H2,1-2H3,(H,75,78)/b60-56+. The normalized spacial score (nSPS) is 17.9. The number of hydrogen-bond donors (Lipinski definition) is 6. The van der Waals surface area contributed by atoms with Gasteiger partial charge in [-0.3, -0.25) is 9.59 Å². The number of carbonyl (C=O) groups is 2. The van der Waals surface area contributed by atoms with Gasteiger partial charge in [0, 0.05) is 12.8 Å². The molecule has 1 amide bonds. The van der Waals surface area contributed by atoms with E-state index in [0.717, 1.165) is 51.4 Å². The first kappa shape index (κ1) is 81.4. The Morgan fingerprint density at radius 2 is 0.741 bits per heavy atom. The van der Waals surface area contributed by atoms with Crippen LogP contribution in [0.25, 0.3) is 0 Å². The van der Waals surface area contributed by atoms with Crippen LogP contribution in [-0.4, -0.2) is 100 Å². The average molecular weight is 1210 g/mol. The number of allylic oxidation sites excluding steroid dienone is 1. The zero-order valence-electron chi connectivity index (χ0n) is 56.1. The number of amides is 1. The fraction of sp³-hybridized carbons (Fsp3) is 0.946. The maximum absolute atomic E-state index is 13.1. The Kier molecular flexibility index (Phi) is 61.2. The predicted molar refractivity (Wildman–Crippen MR) is 357 cm³/mol. The number of esters is 1. The van der Waals surface area contributed by atoms with Gasteiger partial charge in [0.05, 0.1) is 32.0 Å². The van der Waals surface area contributed by atoms with Crippen LogP contribution in [-0.2, 0) is 23.8 Å². The molecule has 0 spiro atoms. The maximum atomic E-state index is 13.1. The van der Waals surface area contributed by atoms with Gasteiger partial charge in [0.15, 0.2) is 6.29 Å². The molecular weight excluding hydrogens is 1060 g/mol. The van der Waals surface area contributed by atoms with E-state index in [1.165, 1.54) is 308 Å². The van der Waals surface area contributed by atoms with E-state index in [0.29, 0.717) is 19.4 Å². The van der Waals surface area contributed by atoms with Crippen LogP contribution in [0.15, 0.2) is 12.2 Å². The summed E-state index contributed by atoms with van der Waals surface area (Å²) in [5.41, 5.74) is 0. The second-order valence-corrected chi connectivity index (χ2v) is 26.4. The van der Waals surface area contributed by atoms with Crippen LogP contribution in [0.1, 0.15) is 386 Å². The summed E-state index contributed by atoms with van der Waals surface area (Å²) in [6, 6.07) is -0.806. The largest absolute Gasteiger partial charge is 0.466 e. The van der Waals surface area contributed by atoms with Gasteiger partial charge in [-0.15, -0.1) is 0 Å². The van der Waals surface area contributed by atoms with Crippen molar-refractivity contribution in [3.8, 4) is 0 Å². The van der Waals surface area contributed by atoms with E-state index in [-0.39, 0.29) is 18.5 Å². The third-order valence-corrected chi connectivity index (χ3v) is 18.2. The monoisotopic (exact) mass is 1210 g/mol. The number of carbonyl (C=O) groups excluding carboxylic acids is 2.